The molecule has 2 rings (SSSR count). The Morgan fingerprint density at radius 1 is 1.09 bits per heavy atom. The van der Waals surface area contributed by atoms with E-state index < -0.39 is 5.97 Å². The SMILES string of the molecule is O=C(O)CCC(=O)Nc1ccc(C(=O)/C=C/c2ccco2)cc1. The average Bonchev–Trinajstić information content (AvgIpc) is 3.05. The highest BCUT2D eigenvalue weighted by molar-refractivity contribution is 6.07. The number of carboxylic acids is 1. The first-order valence-electron chi connectivity index (χ1n) is 6.92. The van der Waals surface area contributed by atoms with Gasteiger partial charge in [-0.1, -0.05) is 0 Å². The summed E-state index contributed by atoms with van der Waals surface area (Å²) in [5, 5.41) is 11.1. The molecule has 1 aromatic heterocycles. The van der Waals surface area contributed by atoms with Crippen molar-refractivity contribution >= 4 is 29.4 Å². The van der Waals surface area contributed by atoms with Crippen molar-refractivity contribution in [2.24, 2.45) is 0 Å². The number of rotatable bonds is 7. The van der Waals surface area contributed by atoms with Gasteiger partial charge < -0.3 is 14.8 Å². The van der Waals surface area contributed by atoms with Crippen LogP contribution in [0.3, 0.4) is 0 Å². The minimum absolute atomic E-state index is 0.0953. The van der Waals surface area contributed by atoms with E-state index in [2.05, 4.69) is 5.32 Å². The molecule has 0 bridgehead atoms. The Hall–Kier alpha value is -3.15. The summed E-state index contributed by atoms with van der Waals surface area (Å²) in [7, 11) is 0. The van der Waals surface area contributed by atoms with Crippen LogP contribution in [-0.2, 0) is 9.59 Å². The van der Waals surface area contributed by atoms with Gasteiger partial charge in [0.05, 0.1) is 12.7 Å². The van der Waals surface area contributed by atoms with Crippen molar-refractivity contribution in [2.45, 2.75) is 12.8 Å². The zero-order valence-corrected chi connectivity index (χ0v) is 12.2. The first-order chi connectivity index (χ1) is 11.0. The number of amides is 1. The van der Waals surface area contributed by atoms with Crippen molar-refractivity contribution in [3.8, 4) is 0 Å². The lowest BCUT2D eigenvalue weighted by atomic mass is 10.1. The van der Waals surface area contributed by atoms with E-state index in [0.717, 1.165) is 0 Å². The number of carboxylic acid groups (broad SMARTS) is 1. The largest absolute Gasteiger partial charge is 0.481 e. The Morgan fingerprint density at radius 3 is 2.43 bits per heavy atom. The third-order valence-electron chi connectivity index (χ3n) is 2.96. The molecule has 1 heterocycles. The molecule has 6 heteroatoms. The predicted octanol–water partition coefficient (Wildman–Crippen LogP) is 2.98. The van der Waals surface area contributed by atoms with Gasteiger partial charge in [0.2, 0.25) is 5.91 Å². The molecule has 0 saturated heterocycles. The van der Waals surface area contributed by atoms with E-state index in [-0.39, 0.29) is 24.5 Å². The number of aliphatic carboxylic acids is 1. The molecule has 0 saturated carbocycles. The number of carbonyl (C=O) groups excluding carboxylic acids is 2. The van der Waals surface area contributed by atoms with Crippen molar-refractivity contribution in [3.05, 3.63) is 60.1 Å². The molecule has 6 nitrogen and oxygen atoms in total. The normalized spacial score (nSPS) is 10.6. The van der Waals surface area contributed by atoms with Crippen LogP contribution in [0.2, 0.25) is 0 Å². The van der Waals surface area contributed by atoms with Gasteiger partial charge in [0.25, 0.3) is 0 Å². The topological polar surface area (TPSA) is 96.6 Å². The second-order valence-electron chi connectivity index (χ2n) is 4.73. The lowest BCUT2D eigenvalue weighted by Crippen LogP contribution is -2.13. The first-order valence-corrected chi connectivity index (χ1v) is 6.92. The Morgan fingerprint density at radius 2 is 1.83 bits per heavy atom. The Kier molecular flexibility index (Phi) is 5.46. The summed E-state index contributed by atoms with van der Waals surface area (Å²) in [5.41, 5.74) is 0.975. The first kappa shape index (κ1) is 16.2. The molecule has 0 aliphatic carbocycles. The third-order valence-corrected chi connectivity index (χ3v) is 2.96. The number of nitrogens with one attached hydrogen (secondary N) is 1. The minimum atomic E-state index is -1.02. The Bertz CT molecular complexity index is 714. The van der Waals surface area contributed by atoms with Crippen molar-refractivity contribution in [2.75, 3.05) is 5.32 Å². The number of benzene rings is 1. The number of ketones is 1. The van der Waals surface area contributed by atoms with E-state index in [9.17, 15) is 14.4 Å². The lowest BCUT2D eigenvalue weighted by Gasteiger charge is -2.04. The van der Waals surface area contributed by atoms with Gasteiger partial charge in [-0.3, -0.25) is 14.4 Å². The summed E-state index contributed by atoms with van der Waals surface area (Å²) in [4.78, 5) is 33.9. The summed E-state index contributed by atoms with van der Waals surface area (Å²) in [6.45, 7) is 0. The van der Waals surface area contributed by atoms with Crippen LogP contribution in [0, 0.1) is 0 Å². The Labute approximate surface area is 132 Å². The van der Waals surface area contributed by atoms with Crippen LogP contribution in [0.25, 0.3) is 6.08 Å². The fourth-order valence-corrected chi connectivity index (χ4v) is 1.80. The molecule has 23 heavy (non-hydrogen) atoms. The predicted molar refractivity (Wildman–Crippen MR) is 84.0 cm³/mol. The molecule has 1 amide bonds. The second kappa shape index (κ2) is 7.74. The molecule has 0 aliphatic rings. The maximum Gasteiger partial charge on any atom is 0.303 e. The number of hydrogen-bond acceptors (Lipinski definition) is 4. The van der Waals surface area contributed by atoms with Crippen molar-refractivity contribution in [1.82, 2.24) is 0 Å². The van der Waals surface area contributed by atoms with Crippen LogP contribution in [0.1, 0.15) is 29.0 Å². The number of carbonyl (C=O) groups is 3. The van der Waals surface area contributed by atoms with E-state index in [4.69, 9.17) is 9.52 Å². The summed E-state index contributed by atoms with van der Waals surface area (Å²) < 4.78 is 5.09. The van der Waals surface area contributed by atoms with Crippen molar-refractivity contribution in [3.63, 3.8) is 0 Å². The molecule has 2 aromatic rings. The van der Waals surface area contributed by atoms with Crippen LogP contribution < -0.4 is 5.32 Å². The van der Waals surface area contributed by atoms with Gasteiger partial charge in [-0.05, 0) is 48.6 Å². The van der Waals surface area contributed by atoms with Crippen LogP contribution >= 0.6 is 0 Å². The maximum absolute atomic E-state index is 12.0. The molecule has 0 radical (unpaired) electrons. The standard InChI is InChI=1S/C17H15NO5/c19-15(8-7-14-2-1-11-23-14)12-3-5-13(6-4-12)18-16(20)9-10-17(21)22/h1-8,11H,9-10H2,(H,18,20)(H,21,22)/b8-7+. The summed E-state index contributed by atoms with van der Waals surface area (Å²) in [5.74, 6) is -1.01. The zero-order chi connectivity index (χ0) is 16.7. The summed E-state index contributed by atoms with van der Waals surface area (Å²) in [6, 6.07) is 9.81. The number of hydrogen-bond donors (Lipinski definition) is 2. The van der Waals surface area contributed by atoms with Crippen LogP contribution in [0.5, 0.6) is 0 Å². The maximum atomic E-state index is 12.0. The van der Waals surface area contributed by atoms with Gasteiger partial charge in [0.15, 0.2) is 5.78 Å². The molecule has 2 N–H and O–H groups in total. The quantitative estimate of drug-likeness (QED) is 0.605. The van der Waals surface area contributed by atoms with E-state index in [1.165, 1.54) is 12.3 Å². The van der Waals surface area contributed by atoms with Crippen LogP contribution in [0.15, 0.2) is 53.2 Å². The zero-order valence-electron chi connectivity index (χ0n) is 12.2. The summed E-state index contributed by atoms with van der Waals surface area (Å²) >= 11 is 0. The van der Waals surface area contributed by atoms with Gasteiger partial charge in [-0.2, -0.15) is 0 Å². The van der Waals surface area contributed by atoms with E-state index in [1.807, 2.05) is 0 Å². The molecular formula is C17H15NO5. The molecule has 1 aromatic carbocycles. The smallest absolute Gasteiger partial charge is 0.303 e. The van der Waals surface area contributed by atoms with Crippen molar-refractivity contribution in [1.29, 1.82) is 0 Å². The van der Waals surface area contributed by atoms with Gasteiger partial charge in [0.1, 0.15) is 5.76 Å². The minimum Gasteiger partial charge on any atom is -0.481 e. The van der Waals surface area contributed by atoms with Gasteiger partial charge in [-0.15, -0.1) is 0 Å². The lowest BCUT2D eigenvalue weighted by molar-refractivity contribution is -0.138. The molecular weight excluding hydrogens is 298 g/mol. The molecule has 0 fully saturated rings. The fraction of sp³-hybridized carbons (Fsp3) is 0.118. The molecule has 118 valence electrons. The highest BCUT2D eigenvalue weighted by Crippen LogP contribution is 2.12. The van der Waals surface area contributed by atoms with E-state index in [0.29, 0.717) is 17.0 Å². The highest BCUT2D eigenvalue weighted by Gasteiger charge is 2.07. The van der Waals surface area contributed by atoms with E-state index in [1.54, 1.807) is 42.5 Å². The average molecular weight is 313 g/mol. The Balaban J connectivity index is 1.92. The highest BCUT2D eigenvalue weighted by atomic mass is 16.4. The fourth-order valence-electron chi connectivity index (χ4n) is 1.80. The number of allylic oxidation sites excluding steroid dienone is 1. The van der Waals surface area contributed by atoms with Crippen molar-refractivity contribution < 1.29 is 23.9 Å². The van der Waals surface area contributed by atoms with E-state index >= 15 is 0 Å². The third kappa shape index (κ3) is 5.28. The summed E-state index contributed by atoms with van der Waals surface area (Å²) in [6.07, 6.45) is 4.18. The molecule has 0 aliphatic heterocycles. The second-order valence-corrected chi connectivity index (χ2v) is 4.73. The van der Waals surface area contributed by atoms with Gasteiger partial charge >= 0.3 is 5.97 Å². The van der Waals surface area contributed by atoms with Gasteiger partial charge in [-0.25, -0.2) is 0 Å². The van der Waals surface area contributed by atoms with Crippen LogP contribution in [-0.4, -0.2) is 22.8 Å². The number of anilines is 1. The number of furan rings is 1. The molecule has 0 spiro atoms. The van der Waals surface area contributed by atoms with Gasteiger partial charge in [0, 0.05) is 17.7 Å². The molecule has 0 unspecified atom stereocenters. The monoisotopic (exact) mass is 313 g/mol. The van der Waals surface area contributed by atoms with Crippen LogP contribution in [0.4, 0.5) is 5.69 Å². The molecule has 0 atom stereocenters.